The molecule has 10 heteroatoms. The molecule has 1 N–H and O–H groups in total. The van der Waals surface area contributed by atoms with Crippen LogP contribution in [0.1, 0.15) is 0 Å². The third-order valence-electron chi connectivity index (χ3n) is 3.11. The Kier molecular flexibility index (Phi) is 5.13. The number of fused-ring (bicyclic) bond motifs is 1. The molecule has 3 rings (SSSR count). The smallest absolute Gasteiger partial charge is 0.238 e. The van der Waals surface area contributed by atoms with Crippen molar-refractivity contribution in [3.63, 3.8) is 0 Å². The summed E-state index contributed by atoms with van der Waals surface area (Å²) in [7, 11) is 0. The van der Waals surface area contributed by atoms with E-state index in [1.807, 2.05) is 28.8 Å². The molecule has 0 aliphatic carbocycles. The minimum Gasteiger partial charge on any atom is -0.354 e. The fraction of sp³-hybridized carbons (Fsp3) is 0.308. The molecular formula is C13H13N5O2S3. The zero-order valence-electron chi connectivity index (χ0n) is 12.0. The molecule has 0 atom stereocenters. The van der Waals surface area contributed by atoms with Crippen LogP contribution >= 0.6 is 35.7 Å². The number of hydrogen-bond acceptors (Lipinski definition) is 7. The van der Waals surface area contributed by atoms with Crippen LogP contribution in [0.5, 0.6) is 0 Å². The SMILES string of the molecule is O=C(CSc1nnc2ccccn12)NCCN1C(=O)CSC1=S. The summed E-state index contributed by atoms with van der Waals surface area (Å²) in [6, 6.07) is 5.62. The number of thiocarbonyl (C=S) groups is 1. The Bertz CT molecular complexity index is 747. The summed E-state index contributed by atoms with van der Waals surface area (Å²) in [5, 5.41) is 11.5. The normalized spacial score (nSPS) is 14.7. The molecule has 2 aromatic heterocycles. The molecule has 2 aromatic rings. The number of carbonyl (C=O) groups excluding carboxylic acids is 2. The second kappa shape index (κ2) is 7.28. The Hall–Kier alpha value is -1.65. The topological polar surface area (TPSA) is 79.6 Å². The van der Waals surface area contributed by atoms with Crippen molar-refractivity contribution in [1.29, 1.82) is 0 Å². The summed E-state index contributed by atoms with van der Waals surface area (Å²) in [5.41, 5.74) is 0.744. The lowest BCUT2D eigenvalue weighted by Gasteiger charge is -2.14. The van der Waals surface area contributed by atoms with Gasteiger partial charge in [-0.1, -0.05) is 41.8 Å². The van der Waals surface area contributed by atoms with Crippen molar-refractivity contribution in [1.82, 2.24) is 24.8 Å². The molecule has 0 radical (unpaired) electrons. The average Bonchev–Trinajstić information content (AvgIpc) is 3.11. The Morgan fingerprint density at radius 3 is 3.09 bits per heavy atom. The largest absolute Gasteiger partial charge is 0.354 e. The fourth-order valence-electron chi connectivity index (χ4n) is 2.00. The van der Waals surface area contributed by atoms with E-state index in [1.165, 1.54) is 28.4 Å². The van der Waals surface area contributed by atoms with Crippen molar-refractivity contribution in [2.24, 2.45) is 0 Å². The molecule has 0 aromatic carbocycles. The third kappa shape index (κ3) is 3.82. The maximum absolute atomic E-state index is 11.9. The van der Waals surface area contributed by atoms with Gasteiger partial charge in [-0.05, 0) is 12.1 Å². The van der Waals surface area contributed by atoms with Crippen LogP contribution in [0.25, 0.3) is 5.65 Å². The van der Waals surface area contributed by atoms with E-state index in [-0.39, 0.29) is 17.6 Å². The number of rotatable bonds is 6. The van der Waals surface area contributed by atoms with Crippen LogP contribution < -0.4 is 5.32 Å². The van der Waals surface area contributed by atoms with Crippen LogP contribution in [0.3, 0.4) is 0 Å². The van der Waals surface area contributed by atoms with Gasteiger partial charge in [0.1, 0.15) is 4.32 Å². The summed E-state index contributed by atoms with van der Waals surface area (Å²) < 4.78 is 2.41. The van der Waals surface area contributed by atoms with Crippen molar-refractivity contribution in [2.75, 3.05) is 24.6 Å². The lowest BCUT2D eigenvalue weighted by molar-refractivity contribution is -0.124. The van der Waals surface area contributed by atoms with Crippen molar-refractivity contribution in [2.45, 2.75) is 5.16 Å². The lowest BCUT2D eigenvalue weighted by atomic mass is 10.5. The van der Waals surface area contributed by atoms with Crippen LogP contribution in [-0.2, 0) is 9.59 Å². The van der Waals surface area contributed by atoms with E-state index in [2.05, 4.69) is 15.5 Å². The number of aromatic nitrogens is 3. The molecule has 23 heavy (non-hydrogen) atoms. The molecule has 7 nitrogen and oxygen atoms in total. The van der Waals surface area contributed by atoms with E-state index in [0.717, 1.165) is 5.65 Å². The van der Waals surface area contributed by atoms with Crippen molar-refractivity contribution >= 4 is 57.5 Å². The number of carbonyl (C=O) groups is 2. The third-order valence-corrected chi connectivity index (χ3v) is 5.49. The number of pyridine rings is 1. The first kappa shape index (κ1) is 16.2. The number of thioether (sulfide) groups is 2. The molecular weight excluding hydrogens is 354 g/mol. The first-order valence-corrected chi connectivity index (χ1v) is 9.19. The Labute approximate surface area is 146 Å². The molecule has 0 saturated carbocycles. The summed E-state index contributed by atoms with van der Waals surface area (Å²) in [5.74, 6) is 0.511. The second-order valence-electron chi connectivity index (χ2n) is 4.65. The van der Waals surface area contributed by atoms with Crippen LogP contribution in [0.15, 0.2) is 29.6 Å². The molecule has 120 valence electrons. The highest BCUT2D eigenvalue weighted by Crippen LogP contribution is 2.18. The predicted molar refractivity (Wildman–Crippen MR) is 93.5 cm³/mol. The first-order valence-electron chi connectivity index (χ1n) is 6.81. The van der Waals surface area contributed by atoms with Gasteiger partial charge in [0.25, 0.3) is 0 Å². The van der Waals surface area contributed by atoms with Crippen LogP contribution in [0, 0.1) is 0 Å². The number of hydrogen-bond donors (Lipinski definition) is 1. The molecule has 0 unspecified atom stereocenters. The van der Waals surface area contributed by atoms with Gasteiger partial charge in [-0.15, -0.1) is 10.2 Å². The molecule has 1 fully saturated rings. The van der Waals surface area contributed by atoms with Gasteiger partial charge in [-0.2, -0.15) is 0 Å². The highest BCUT2D eigenvalue weighted by atomic mass is 32.2. The van der Waals surface area contributed by atoms with Gasteiger partial charge in [-0.25, -0.2) is 0 Å². The predicted octanol–water partition coefficient (Wildman–Crippen LogP) is 0.798. The Balaban J connectivity index is 1.45. The zero-order valence-corrected chi connectivity index (χ0v) is 14.4. The molecule has 1 aliphatic heterocycles. The quantitative estimate of drug-likeness (QED) is 0.597. The Morgan fingerprint density at radius 2 is 2.30 bits per heavy atom. The minimum absolute atomic E-state index is 0.00134. The van der Waals surface area contributed by atoms with Crippen LogP contribution in [0.2, 0.25) is 0 Å². The molecule has 2 amide bonds. The molecule has 0 spiro atoms. The van der Waals surface area contributed by atoms with Crippen molar-refractivity contribution in [3.8, 4) is 0 Å². The standard InChI is InChI=1S/C13H13N5O2S3/c19-10(14-4-6-18-11(20)8-23-13(18)21)7-22-12-16-15-9-3-1-2-5-17(9)12/h1-3,5H,4,6-8H2,(H,14,19). The molecule has 0 bridgehead atoms. The van der Waals surface area contributed by atoms with E-state index < -0.39 is 0 Å². The van der Waals surface area contributed by atoms with Gasteiger partial charge in [0.15, 0.2) is 10.8 Å². The number of nitrogens with zero attached hydrogens (tertiary/aromatic N) is 4. The summed E-state index contributed by atoms with van der Waals surface area (Å²) in [4.78, 5) is 25.0. The number of amides is 2. The summed E-state index contributed by atoms with van der Waals surface area (Å²) in [6.45, 7) is 0.793. The highest BCUT2D eigenvalue weighted by molar-refractivity contribution is 8.23. The van der Waals surface area contributed by atoms with Gasteiger partial charge in [0.05, 0.1) is 11.5 Å². The van der Waals surface area contributed by atoms with E-state index in [0.29, 0.717) is 28.3 Å². The van der Waals surface area contributed by atoms with Gasteiger partial charge >= 0.3 is 0 Å². The monoisotopic (exact) mass is 367 g/mol. The maximum atomic E-state index is 11.9. The first-order chi connectivity index (χ1) is 11.1. The highest BCUT2D eigenvalue weighted by Gasteiger charge is 2.25. The van der Waals surface area contributed by atoms with Crippen LogP contribution in [-0.4, -0.2) is 60.2 Å². The maximum Gasteiger partial charge on any atom is 0.238 e. The van der Waals surface area contributed by atoms with Gasteiger partial charge in [0.2, 0.25) is 11.8 Å². The summed E-state index contributed by atoms with van der Waals surface area (Å²) in [6.07, 6.45) is 1.85. The second-order valence-corrected chi connectivity index (χ2v) is 7.20. The van der Waals surface area contributed by atoms with Gasteiger partial charge in [-0.3, -0.25) is 18.9 Å². The molecule has 3 heterocycles. The van der Waals surface area contributed by atoms with E-state index >= 15 is 0 Å². The molecule has 1 saturated heterocycles. The van der Waals surface area contributed by atoms with E-state index in [4.69, 9.17) is 12.2 Å². The average molecular weight is 367 g/mol. The summed E-state index contributed by atoms with van der Waals surface area (Å²) >= 11 is 7.75. The van der Waals surface area contributed by atoms with Crippen molar-refractivity contribution in [3.05, 3.63) is 24.4 Å². The lowest BCUT2D eigenvalue weighted by Crippen LogP contribution is -2.37. The van der Waals surface area contributed by atoms with Gasteiger partial charge < -0.3 is 5.32 Å². The van der Waals surface area contributed by atoms with Gasteiger partial charge in [0, 0.05) is 19.3 Å². The van der Waals surface area contributed by atoms with E-state index in [9.17, 15) is 9.59 Å². The minimum atomic E-state index is -0.118. The van der Waals surface area contributed by atoms with Crippen molar-refractivity contribution < 1.29 is 9.59 Å². The fourth-order valence-corrected chi connectivity index (χ4v) is 3.88. The Morgan fingerprint density at radius 1 is 1.43 bits per heavy atom. The number of nitrogens with one attached hydrogen (secondary N) is 1. The zero-order chi connectivity index (χ0) is 16.2. The van der Waals surface area contributed by atoms with E-state index in [1.54, 1.807) is 0 Å². The molecule has 1 aliphatic rings. The van der Waals surface area contributed by atoms with Crippen LogP contribution in [0.4, 0.5) is 0 Å².